The number of hydrogen-bond acceptors (Lipinski definition) is 4. The molecule has 0 spiro atoms. The molecule has 0 aliphatic carbocycles. The third kappa shape index (κ3) is 4.26. The van der Waals surface area contributed by atoms with Gasteiger partial charge >= 0.3 is 5.97 Å². The molecule has 90 valence electrons. The fraction of sp³-hybridized carbons (Fsp3) is 0.182. The van der Waals surface area contributed by atoms with Crippen LogP contribution in [-0.4, -0.2) is 21.0 Å². The first-order valence-corrected chi connectivity index (χ1v) is 6.20. The van der Waals surface area contributed by atoms with Crippen LogP contribution in [0.1, 0.15) is 12.5 Å². The van der Waals surface area contributed by atoms with Gasteiger partial charge in [0.1, 0.15) is 0 Å². The van der Waals surface area contributed by atoms with Crippen molar-refractivity contribution in [3.8, 4) is 11.8 Å². The summed E-state index contributed by atoms with van der Waals surface area (Å²) in [6, 6.07) is 6.09. The van der Waals surface area contributed by atoms with Crippen molar-refractivity contribution in [3.05, 3.63) is 29.8 Å². The van der Waals surface area contributed by atoms with Crippen LogP contribution in [0.5, 0.6) is 0 Å². The van der Waals surface area contributed by atoms with Crippen molar-refractivity contribution in [2.24, 2.45) is 5.14 Å². The van der Waals surface area contributed by atoms with Gasteiger partial charge in [-0.3, -0.25) is 4.79 Å². The Morgan fingerprint density at radius 3 is 2.65 bits per heavy atom. The highest BCUT2D eigenvalue weighted by Crippen LogP contribution is 2.11. The highest BCUT2D eigenvalue weighted by atomic mass is 32.2. The Morgan fingerprint density at radius 1 is 1.41 bits per heavy atom. The first-order chi connectivity index (χ1) is 7.91. The number of nitrogens with two attached hydrogens (primary N) is 1. The molecule has 0 atom stereocenters. The summed E-state index contributed by atoms with van der Waals surface area (Å²) in [5, 5.41) is 5.03. The van der Waals surface area contributed by atoms with Gasteiger partial charge in [0.05, 0.1) is 4.90 Å². The first kappa shape index (κ1) is 13.2. The van der Waals surface area contributed by atoms with Crippen LogP contribution in [0.25, 0.3) is 0 Å². The Kier molecular flexibility index (Phi) is 4.26. The summed E-state index contributed by atoms with van der Waals surface area (Å²) in [6.45, 7) is 1.17. The molecule has 0 heterocycles. The Hall–Kier alpha value is -1.84. The number of esters is 1. The molecule has 0 radical (unpaired) electrons. The average Bonchev–Trinajstić information content (AvgIpc) is 2.23. The maximum Gasteiger partial charge on any atom is 0.303 e. The fourth-order valence-corrected chi connectivity index (χ4v) is 1.78. The number of carbonyl (C=O) groups is 1. The highest BCUT2D eigenvalue weighted by molar-refractivity contribution is 7.89. The summed E-state index contributed by atoms with van der Waals surface area (Å²) >= 11 is 0. The molecule has 0 aliphatic heterocycles. The van der Waals surface area contributed by atoms with Crippen molar-refractivity contribution < 1.29 is 17.9 Å². The summed E-state index contributed by atoms with van der Waals surface area (Å²) < 4.78 is 27.0. The van der Waals surface area contributed by atoms with Crippen LogP contribution in [0.15, 0.2) is 29.2 Å². The molecule has 6 heteroatoms. The van der Waals surface area contributed by atoms with Crippen molar-refractivity contribution in [2.45, 2.75) is 11.8 Å². The van der Waals surface area contributed by atoms with Gasteiger partial charge in [-0.15, -0.1) is 0 Å². The molecule has 2 N–H and O–H groups in total. The van der Waals surface area contributed by atoms with E-state index in [1.165, 1.54) is 19.1 Å². The number of rotatable bonds is 2. The molecule has 0 fully saturated rings. The molecular weight excluding hydrogens is 242 g/mol. The van der Waals surface area contributed by atoms with Crippen molar-refractivity contribution in [1.29, 1.82) is 0 Å². The van der Waals surface area contributed by atoms with E-state index in [0.717, 1.165) is 0 Å². The van der Waals surface area contributed by atoms with E-state index in [9.17, 15) is 13.2 Å². The number of carbonyl (C=O) groups excluding carboxylic acids is 1. The lowest BCUT2D eigenvalue weighted by atomic mass is 10.2. The standard InChI is InChI=1S/C11H11NO4S/c1-9(13)16-8-4-6-10-5-2-3-7-11(10)17(12,14)15/h2-3,5,7H,8H2,1H3,(H2,12,14,15). The third-order valence-electron chi connectivity index (χ3n) is 1.76. The summed E-state index contributed by atoms with van der Waals surface area (Å²) in [6.07, 6.45) is 0. The Balaban J connectivity index is 2.96. The number of sulfonamides is 1. The van der Waals surface area contributed by atoms with Gasteiger partial charge in [-0.2, -0.15) is 0 Å². The van der Waals surface area contributed by atoms with Crippen LogP contribution < -0.4 is 5.14 Å². The van der Waals surface area contributed by atoms with Crippen LogP contribution >= 0.6 is 0 Å². The lowest BCUT2D eigenvalue weighted by molar-refractivity contribution is -0.139. The SMILES string of the molecule is CC(=O)OCC#Cc1ccccc1S(N)(=O)=O. The van der Waals surface area contributed by atoms with Gasteiger partial charge in [0.25, 0.3) is 0 Å². The monoisotopic (exact) mass is 253 g/mol. The van der Waals surface area contributed by atoms with Crippen LogP contribution in [0.4, 0.5) is 0 Å². The molecule has 0 bridgehead atoms. The predicted molar refractivity (Wildman–Crippen MR) is 61.3 cm³/mol. The van der Waals surface area contributed by atoms with Crippen molar-refractivity contribution in [2.75, 3.05) is 6.61 Å². The smallest absolute Gasteiger partial charge is 0.303 e. The average molecular weight is 253 g/mol. The topological polar surface area (TPSA) is 86.5 Å². The molecule has 1 rings (SSSR count). The van der Waals surface area contributed by atoms with Crippen molar-refractivity contribution >= 4 is 16.0 Å². The van der Waals surface area contributed by atoms with Gasteiger partial charge in [-0.05, 0) is 12.1 Å². The molecule has 0 saturated heterocycles. The van der Waals surface area contributed by atoms with Crippen LogP contribution in [-0.2, 0) is 19.6 Å². The minimum absolute atomic E-state index is 0.0460. The summed E-state index contributed by atoms with van der Waals surface area (Å²) in [7, 11) is -3.80. The maximum absolute atomic E-state index is 11.2. The van der Waals surface area contributed by atoms with Gasteiger partial charge in [0.2, 0.25) is 10.0 Å². The van der Waals surface area contributed by atoms with Crippen LogP contribution in [0.3, 0.4) is 0 Å². The number of benzene rings is 1. The zero-order chi connectivity index (χ0) is 12.9. The number of hydrogen-bond donors (Lipinski definition) is 1. The molecule has 0 aromatic heterocycles. The zero-order valence-electron chi connectivity index (χ0n) is 9.14. The first-order valence-electron chi connectivity index (χ1n) is 4.65. The molecule has 0 saturated carbocycles. The van der Waals surface area contributed by atoms with E-state index >= 15 is 0 Å². The Bertz CT molecular complexity index is 581. The Labute approximate surface area is 99.6 Å². The predicted octanol–water partition coefficient (Wildman–Crippen LogP) is 0.249. The minimum atomic E-state index is -3.80. The van der Waals surface area contributed by atoms with Gasteiger partial charge < -0.3 is 4.74 Å². The van der Waals surface area contributed by atoms with E-state index in [0.29, 0.717) is 0 Å². The largest absolute Gasteiger partial charge is 0.453 e. The minimum Gasteiger partial charge on any atom is -0.453 e. The third-order valence-corrected chi connectivity index (χ3v) is 2.73. The van der Waals surface area contributed by atoms with E-state index in [2.05, 4.69) is 16.6 Å². The van der Waals surface area contributed by atoms with E-state index in [4.69, 9.17) is 5.14 Å². The van der Waals surface area contributed by atoms with Gasteiger partial charge in [0, 0.05) is 12.5 Å². The van der Waals surface area contributed by atoms with E-state index in [1.54, 1.807) is 12.1 Å². The van der Waals surface area contributed by atoms with Crippen molar-refractivity contribution in [1.82, 2.24) is 0 Å². The molecular formula is C11H11NO4S. The lowest BCUT2D eigenvalue weighted by Crippen LogP contribution is -2.13. The van der Waals surface area contributed by atoms with Crippen LogP contribution in [0.2, 0.25) is 0 Å². The molecule has 1 aromatic carbocycles. The van der Waals surface area contributed by atoms with E-state index in [-0.39, 0.29) is 17.1 Å². The fourth-order valence-electron chi connectivity index (χ4n) is 1.09. The van der Waals surface area contributed by atoms with Gasteiger partial charge in [-0.1, -0.05) is 24.0 Å². The van der Waals surface area contributed by atoms with Gasteiger partial charge in [0.15, 0.2) is 6.61 Å². The van der Waals surface area contributed by atoms with E-state index in [1.807, 2.05) is 0 Å². The molecule has 0 unspecified atom stereocenters. The highest BCUT2D eigenvalue weighted by Gasteiger charge is 2.10. The summed E-state index contributed by atoms with van der Waals surface area (Å²) in [4.78, 5) is 10.4. The molecule has 0 amide bonds. The molecule has 5 nitrogen and oxygen atoms in total. The van der Waals surface area contributed by atoms with Gasteiger partial charge in [-0.25, -0.2) is 13.6 Å². The molecule has 1 aromatic rings. The second-order valence-corrected chi connectivity index (χ2v) is 4.65. The Morgan fingerprint density at radius 2 is 2.06 bits per heavy atom. The van der Waals surface area contributed by atoms with Crippen molar-refractivity contribution in [3.63, 3.8) is 0 Å². The molecule has 0 aliphatic rings. The quantitative estimate of drug-likeness (QED) is 0.604. The summed E-state index contributed by atoms with van der Waals surface area (Å²) in [5.74, 6) is 4.68. The molecule has 17 heavy (non-hydrogen) atoms. The second-order valence-electron chi connectivity index (χ2n) is 3.12. The van der Waals surface area contributed by atoms with E-state index < -0.39 is 16.0 Å². The lowest BCUT2D eigenvalue weighted by Gasteiger charge is -2.00. The summed E-state index contributed by atoms with van der Waals surface area (Å²) in [5.41, 5.74) is 0.280. The van der Waals surface area contributed by atoms with Crippen LogP contribution in [0, 0.1) is 11.8 Å². The maximum atomic E-state index is 11.2. The number of primary sulfonamides is 1. The normalized spacial score (nSPS) is 10.2. The zero-order valence-corrected chi connectivity index (χ0v) is 9.95. The number of ether oxygens (including phenoxy) is 1. The second kappa shape index (κ2) is 5.48.